The van der Waals surface area contributed by atoms with E-state index in [4.69, 9.17) is 20.0 Å². The minimum Gasteiger partial charge on any atom is -0.478 e. The number of hydrogen-bond donors (Lipinski definition) is 4. The first-order valence-electron chi connectivity index (χ1n) is 9.31. The number of aliphatic hydroxyl groups excluding tert-OH is 1. The Morgan fingerprint density at radius 2 is 0.938 bits per heavy atom. The molecule has 0 bridgehead atoms. The van der Waals surface area contributed by atoms with Crippen LogP contribution in [0.5, 0.6) is 0 Å². The summed E-state index contributed by atoms with van der Waals surface area (Å²) in [7, 11) is -4.34. The number of aliphatic hydroxyl groups is 1. The van der Waals surface area contributed by atoms with Crippen LogP contribution >= 0.6 is 7.82 Å². The molecular formula is C24H49O7P. The zero-order chi connectivity index (χ0) is 28.0. The predicted octanol–water partition coefficient (Wildman–Crippen LogP) is 6.89. The summed E-state index contributed by atoms with van der Waals surface area (Å²) in [6.45, 7) is 35.4. The summed E-state index contributed by atoms with van der Waals surface area (Å²) in [5.41, 5.74) is 0.176. The molecule has 0 heterocycles. The molecule has 0 rings (SSSR count). The molecule has 7 nitrogen and oxygen atoms in total. The van der Waals surface area contributed by atoms with Gasteiger partial charge in [-0.05, 0) is 48.5 Å². The van der Waals surface area contributed by atoms with E-state index >= 15 is 0 Å². The van der Waals surface area contributed by atoms with E-state index in [-0.39, 0.29) is 18.8 Å². The molecule has 0 radical (unpaired) electrons. The molecule has 0 spiro atoms. The number of phosphoric ester groups is 1. The van der Waals surface area contributed by atoms with Gasteiger partial charge in [0.15, 0.2) is 0 Å². The third-order valence-corrected chi connectivity index (χ3v) is 1.23. The average Bonchev–Trinajstić information content (AvgIpc) is 2.64. The smallest absolute Gasteiger partial charge is 0.469 e. The van der Waals surface area contributed by atoms with Gasteiger partial charge in [-0.2, -0.15) is 0 Å². The number of rotatable bonds is 4. The van der Waals surface area contributed by atoms with Crippen LogP contribution in [0.3, 0.4) is 0 Å². The zero-order valence-corrected chi connectivity index (χ0v) is 22.2. The number of hydrogen-bond acceptors (Lipinski definition) is 4. The van der Waals surface area contributed by atoms with E-state index in [2.05, 4.69) is 50.6 Å². The number of carbonyl (C=O) groups is 1. The Balaban J connectivity index is -0.0000000359. The highest BCUT2D eigenvalue weighted by atomic mass is 31.2. The molecule has 0 aliphatic rings. The van der Waals surface area contributed by atoms with E-state index in [1.807, 2.05) is 41.5 Å². The van der Waals surface area contributed by atoms with Crippen molar-refractivity contribution in [2.75, 3.05) is 13.2 Å². The summed E-state index contributed by atoms with van der Waals surface area (Å²) in [4.78, 5) is 25.5. The monoisotopic (exact) mass is 480 g/mol. The van der Waals surface area contributed by atoms with Crippen molar-refractivity contribution in [2.24, 2.45) is 0 Å². The van der Waals surface area contributed by atoms with Gasteiger partial charge >= 0.3 is 13.8 Å². The molecule has 0 fully saturated rings. The van der Waals surface area contributed by atoms with Gasteiger partial charge in [0.25, 0.3) is 0 Å². The van der Waals surface area contributed by atoms with Crippen LogP contribution in [0.25, 0.3) is 0 Å². The average molecular weight is 481 g/mol. The van der Waals surface area contributed by atoms with Crippen LogP contribution < -0.4 is 0 Å². The minimum atomic E-state index is -4.34. The Morgan fingerprint density at radius 3 is 0.969 bits per heavy atom. The molecule has 0 saturated carbocycles. The lowest BCUT2D eigenvalue weighted by Crippen LogP contribution is -1.95. The highest BCUT2D eigenvalue weighted by molar-refractivity contribution is 7.46. The van der Waals surface area contributed by atoms with Gasteiger partial charge in [0, 0.05) is 5.57 Å². The van der Waals surface area contributed by atoms with E-state index < -0.39 is 13.8 Å². The second-order valence-electron chi connectivity index (χ2n) is 4.58. The third kappa shape index (κ3) is 438. The van der Waals surface area contributed by atoms with Gasteiger partial charge in [0.05, 0.1) is 13.2 Å². The lowest BCUT2D eigenvalue weighted by atomic mass is 10.4. The maximum Gasteiger partial charge on any atom is 0.469 e. The maximum absolute atomic E-state index is 9.75. The lowest BCUT2D eigenvalue weighted by Gasteiger charge is -2.00. The summed E-state index contributed by atoms with van der Waals surface area (Å²) in [6, 6.07) is 0. The van der Waals surface area contributed by atoms with Gasteiger partial charge in [-0.25, -0.2) is 9.36 Å². The van der Waals surface area contributed by atoms with Crippen molar-refractivity contribution in [2.45, 2.75) is 48.5 Å². The normalized spacial score (nSPS) is 6.81. The Morgan fingerprint density at radius 1 is 0.781 bits per heavy atom. The van der Waals surface area contributed by atoms with E-state index in [1.54, 1.807) is 36.5 Å². The standard InChI is InChI=1S/C4H6O2.6C3H6.C2H7O5P/c1-3(2)4(5)6;6*1-3-2;3-1-2-7-8(4,5)6/h1H2,2H3,(H,5,6);6*3H,1H2,2H3;3H,1-2H2,(H2,4,5,6). The van der Waals surface area contributed by atoms with E-state index in [0.717, 1.165) is 0 Å². The topological polar surface area (TPSA) is 124 Å². The quantitative estimate of drug-likeness (QED) is 0.196. The number of phosphoric acid groups is 1. The van der Waals surface area contributed by atoms with Crippen LogP contribution in [0.15, 0.2) is 88.1 Å². The molecular weight excluding hydrogens is 431 g/mol. The van der Waals surface area contributed by atoms with Crippen LogP contribution in [0.1, 0.15) is 48.5 Å². The third-order valence-electron chi connectivity index (χ3n) is 0.716. The molecule has 0 aromatic heterocycles. The van der Waals surface area contributed by atoms with Crippen molar-refractivity contribution in [1.82, 2.24) is 0 Å². The van der Waals surface area contributed by atoms with Gasteiger partial charge in [-0.15, -0.1) is 39.5 Å². The van der Waals surface area contributed by atoms with Crippen LogP contribution in [0.2, 0.25) is 0 Å². The van der Waals surface area contributed by atoms with Crippen LogP contribution in [0.4, 0.5) is 0 Å². The predicted molar refractivity (Wildman–Crippen MR) is 143 cm³/mol. The van der Waals surface area contributed by atoms with Gasteiger partial charge in [0.1, 0.15) is 0 Å². The molecule has 0 unspecified atom stereocenters. The Labute approximate surface area is 197 Å². The molecule has 192 valence electrons. The van der Waals surface area contributed by atoms with Gasteiger partial charge in [-0.1, -0.05) is 43.0 Å². The first kappa shape index (κ1) is 52.0. The Kier molecular flexibility index (Phi) is 102. The molecule has 0 aliphatic carbocycles. The maximum atomic E-state index is 9.75. The second-order valence-corrected chi connectivity index (χ2v) is 5.82. The van der Waals surface area contributed by atoms with Crippen LogP contribution in [-0.4, -0.2) is 39.2 Å². The molecule has 8 heteroatoms. The fourth-order valence-corrected chi connectivity index (χ4v) is 0.479. The molecule has 0 atom stereocenters. The summed E-state index contributed by atoms with van der Waals surface area (Å²) in [5.74, 6) is -0.935. The van der Waals surface area contributed by atoms with Crippen LogP contribution in [0, 0.1) is 0 Å². The molecule has 0 amide bonds. The fourth-order valence-electron chi connectivity index (χ4n) is 0.160. The Bertz CT molecular complexity index is 406. The minimum absolute atomic E-state index is 0.176. The van der Waals surface area contributed by atoms with Crippen molar-refractivity contribution < 1.29 is 33.9 Å². The summed E-state index contributed by atoms with van der Waals surface area (Å²) in [6.07, 6.45) is 10.5. The van der Waals surface area contributed by atoms with Crippen molar-refractivity contribution in [1.29, 1.82) is 0 Å². The summed E-state index contributed by atoms with van der Waals surface area (Å²) < 4.78 is 13.5. The number of carboxylic acid groups (broad SMARTS) is 1. The fraction of sp³-hybridized carbons (Fsp3) is 0.375. The van der Waals surface area contributed by atoms with E-state index in [0.29, 0.717) is 0 Å². The molecule has 0 aliphatic heterocycles. The molecule has 4 N–H and O–H groups in total. The molecule has 0 aromatic carbocycles. The van der Waals surface area contributed by atoms with Crippen molar-refractivity contribution in [3.8, 4) is 0 Å². The van der Waals surface area contributed by atoms with Gasteiger partial charge in [0.2, 0.25) is 0 Å². The van der Waals surface area contributed by atoms with E-state index in [9.17, 15) is 9.36 Å². The zero-order valence-electron chi connectivity index (χ0n) is 21.3. The summed E-state index contributed by atoms with van der Waals surface area (Å²) in [5, 5.41) is 15.9. The highest BCUT2D eigenvalue weighted by Gasteiger charge is 2.11. The lowest BCUT2D eigenvalue weighted by molar-refractivity contribution is -0.132. The molecule has 0 aromatic rings. The van der Waals surface area contributed by atoms with Crippen molar-refractivity contribution in [3.05, 3.63) is 88.1 Å². The largest absolute Gasteiger partial charge is 0.478 e. The Hall–Kier alpha value is -2.28. The molecule has 0 saturated heterocycles. The van der Waals surface area contributed by atoms with Crippen molar-refractivity contribution in [3.63, 3.8) is 0 Å². The molecule has 32 heavy (non-hydrogen) atoms. The first-order valence-corrected chi connectivity index (χ1v) is 10.8. The SMILES string of the molecule is C=C(C)C(=O)O.C=CC.C=CC.C=CC.C=CC.C=CC.C=CC.O=P(O)(O)OCCO. The number of allylic oxidation sites excluding steroid dienone is 6. The number of carboxylic acids is 1. The van der Waals surface area contributed by atoms with Gasteiger partial charge < -0.3 is 20.0 Å². The van der Waals surface area contributed by atoms with Gasteiger partial charge in [-0.3, -0.25) is 4.52 Å². The van der Waals surface area contributed by atoms with E-state index in [1.165, 1.54) is 6.92 Å². The number of aliphatic carboxylic acids is 1. The first-order chi connectivity index (χ1) is 14.7. The van der Waals surface area contributed by atoms with Crippen molar-refractivity contribution >= 4 is 13.8 Å². The summed E-state index contributed by atoms with van der Waals surface area (Å²) >= 11 is 0. The second kappa shape index (κ2) is 63.0. The van der Waals surface area contributed by atoms with Crippen LogP contribution in [-0.2, 0) is 13.9 Å². The highest BCUT2D eigenvalue weighted by Crippen LogP contribution is 2.34.